The fourth-order valence-corrected chi connectivity index (χ4v) is 3.57. The van der Waals surface area contributed by atoms with E-state index >= 15 is 0 Å². The number of hydrogen-bond donors (Lipinski definition) is 2. The van der Waals surface area contributed by atoms with E-state index in [1.165, 1.54) is 11.0 Å². The molecule has 1 saturated heterocycles. The van der Waals surface area contributed by atoms with Gasteiger partial charge in [0.1, 0.15) is 18.5 Å². The van der Waals surface area contributed by atoms with Crippen molar-refractivity contribution < 1.29 is 23.8 Å². The summed E-state index contributed by atoms with van der Waals surface area (Å²) in [7, 11) is 0. The Hall–Kier alpha value is -2.77. The second-order valence-electron chi connectivity index (χ2n) is 9.05. The molecule has 1 aliphatic rings. The molecule has 2 aromatic rings. The van der Waals surface area contributed by atoms with Crippen molar-refractivity contribution in [2.45, 2.75) is 45.9 Å². The van der Waals surface area contributed by atoms with Crippen LogP contribution in [0.5, 0.6) is 0 Å². The number of morpholine rings is 1. The standard InChI is InChI=1S/C24H29FN2O4/c1-24(2,3)12-21(28)26-18-10-8-16(9-11-18)23(30)20-14-31-15-22(29)27(20)13-17-6-4-5-7-19(17)25/h4-11,20,23,30H,12-15H2,1-3H3,(H,26,28). The minimum atomic E-state index is -1.02. The zero-order valence-electron chi connectivity index (χ0n) is 18.1. The number of halogens is 1. The Morgan fingerprint density at radius 2 is 1.90 bits per heavy atom. The van der Waals surface area contributed by atoms with Gasteiger partial charge >= 0.3 is 0 Å². The summed E-state index contributed by atoms with van der Waals surface area (Å²) in [5.74, 6) is -0.780. The van der Waals surface area contributed by atoms with Crippen LogP contribution in [0.4, 0.5) is 10.1 Å². The highest BCUT2D eigenvalue weighted by molar-refractivity contribution is 5.91. The maximum Gasteiger partial charge on any atom is 0.249 e. The van der Waals surface area contributed by atoms with Crippen molar-refractivity contribution in [3.8, 4) is 0 Å². The van der Waals surface area contributed by atoms with Crippen LogP contribution >= 0.6 is 0 Å². The van der Waals surface area contributed by atoms with Gasteiger partial charge in [-0.25, -0.2) is 4.39 Å². The lowest BCUT2D eigenvalue weighted by Crippen LogP contribution is -2.51. The predicted molar refractivity (Wildman–Crippen MR) is 116 cm³/mol. The second-order valence-corrected chi connectivity index (χ2v) is 9.05. The zero-order chi connectivity index (χ0) is 22.6. The topological polar surface area (TPSA) is 78.9 Å². The second kappa shape index (κ2) is 9.58. The Morgan fingerprint density at radius 1 is 1.23 bits per heavy atom. The average molecular weight is 429 g/mol. The molecule has 1 aliphatic heterocycles. The maximum atomic E-state index is 14.1. The minimum absolute atomic E-state index is 0.0531. The van der Waals surface area contributed by atoms with Crippen LogP contribution < -0.4 is 5.32 Å². The molecule has 0 aromatic heterocycles. The van der Waals surface area contributed by atoms with Crippen LogP contribution in [0.15, 0.2) is 48.5 Å². The first kappa shape index (κ1) is 22.9. The summed E-state index contributed by atoms with van der Waals surface area (Å²) < 4.78 is 19.5. The average Bonchev–Trinajstić information content (AvgIpc) is 2.69. The van der Waals surface area contributed by atoms with Crippen LogP contribution in [0.25, 0.3) is 0 Å². The van der Waals surface area contributed by atoms with Gasteiger partial charge in [-0.15, -0.1) is 0 Å². The van der Waals surface area contributed by atoms with E-state index in [4.69, 9.17) is 4.74 Å². The number of aliphatic hydroxyl groups excluding tert-OH is 1. The fraction of sp³-hybridized carbons (Fsp3) is 0.417. The van der Waals surface area contributed by atoms with E-state index in [0.29, 0.717) is 23.2 Å². The third-order valence-corrected chi connectivity index (χ3v) is 5.12. The third kappa shape index (κ3) is 6.12. The van der Waals surface area contributed by atoms with Gasteiger partial charge < -0.3 is 20.1 Å². The molecular formula is C24H29FN2O4. The number of carbonyl (C=O) groups is 2. The number of nitrogens with zero attached hydrogens (tertiary/aromatic N) is 1. The van der Waals surface area contributed by atoms with E-state index in [1.807, 2.05) is 20.8 Å². The van der Waals surface area contributed by atoms with Gasteiger partial charge in [-0.2, -0.15) is 0 Å². The van der Waals surface area contributed by atoms with Crippen molar-refractivity contribution >= 4 is 17.5 Å². The first-order valence-electron chi connectivity index (χ1n) is 10.3. The highest BCUT2D eigenvalue weighted by atomic mass is 19.1. The summed E-state index contributed by atoms with van der Waals surface area (Å²) >= 11 is 0. The molecule has 2 N–H and O–H groups in total. The molecule has 2 atom stereocenters. The first-order chi connectivity index (χ1) is 14.6. The van der Waals surface area contributed by atoms with Crippen LogP contribution in [0.3, 0.4) is 0 Å². The maximum absolute atomic E-state index is 14.1. The van der Waals surface area contributed by atoms with Gasteiger partial charge in [0.2, 0.25) is 11.8 Å². The van der Waals surface area contributed by atoms with Crippen molar-refractivity contribution in [1.82, 2.24) is 4.90 Å². The number of benzene rings is 2. The van der Waals surface area contributed by atoms with Gasteiger partial charge in [-0.1, -0.05) is 51.1 Å². The van der Waals surface area contributed by atoms with E-state index < -0.39 is 18.0 Å². The largest absolute Gasteiger partial charge is 0.386 e. The van der Waals surface area contributed by atoms with E-state index in [9.17, 15) is 19.1 Å². The van der Waals surface area contributed by atoms with Crippen LogP contribution in [-0.2, 0) is 20.9 Å². The van der Waals surface area contributed by atoms with Crippen molar-refractivity contribution in [1.29, 1.82) is 0 Å². The summed E-state index contributed by atoms with van der Waals surface area (Å²) in [6.07, 6.45) is -0.625. The van der Waals surface area contributed by atoms with Crippen molar-refractivity contribution in [2.75, 3.05) is 18.5 Å². The normalized spacial score (nSPS) is 18.0. The minimum Gasteiger partial charge on any atom is -0.386 e. The van der Waals surface area contributed by atoms with Gasteiger partial charge in [-0.05, 0) is 29.2 Å². The fourth-order valence-electron chi connectivity index (χ4n) is 3.57. The van der Waals surface area contributed by atoms with Gasteiger partial charge in [0, 0.05) is 24.2 Å². The number of ether oxygens (including phenoxy) is 1. The molecule has 1 fully saturated rings. The molecule has 0 spiro atoms. The molecule has 3 rings (SSSR count). The molecule has 0 radical (unpaired) electrons. The van der Waals surface area contributed by atoms with Crippen molar-refractivity contribution in [3.05, 3.63) is 65.5 Å². The Labute approximate surface area is 182 Å². The Kier molecular flexibility index (Phi) is 7.08. The summed E-state index contributed by atoms with van der Waals surface area (Å²) in [5, 5.41) is 13.8. The molecule has 2 aromatic carbocycles. The van der Waals surface area contributed by atoms with E-state index in [0.717, 1.165) is 0 Å². The lowest BCUT2D eigenvalue weighted by molar-refractivity contribution is -0.155. The number of nitrogens with one attached hydrogen (secondary N) is 1. The van der Waals surface area contributed by atoms with Crippen LogP contribution in [-0.4, -0.2) is 41.1 Å². The van der Waals surface area contributed by atoms with Gasteiger partial charge in [0.15, 0.2) is 0 Å². The molecule has 0 bridgehead atoms. The summed E-state index contributed by atoms with van der Waals surface area (Å²) in [6, 6.07) is 12.5. The molecule has 31 heavy (non-hydrogen) atoms. The third-order valence-electron chi connectivity index (χ3n) is 5.12. The number of hydrogen-bond acceptors (Lipinski definition) is 4. The molecule has 2 amide bonds. The van der Waals surface area contributed by atoms with Gasteiger partial charge in [0.25, 0.3) is 0 Å². The lowest BCUT2D eigenvalue weighted by Gasteiger charge is -2.38. The number of carbonyl (C=O) groups excluding carboxylic acids is 2. The number of aliphatic hydroxyl groups is 1. The van der Waals surface area contributed by atoms with Crippen molar-refractivity contribution in [3.63, 3.8) is 0 Å². The Bertz CT molecular complexity index is 924. The Balaban J connectivity index is 1.72. The smallest absolute Gasteiger partial charge is 0.249 e. The molecule has 6 nitrogen and oxygen atoms in total. The van der Waals surface area contributed by atoms with Gasteiger partial charge in [0.05, 0.1) is 12.6 Å². The number of rotatable bonds is 6. The monoisotopic (exact) mass is 428 g/mol. The van der Waals surface area contributed by atoms with E-state index in [2.05, 4.69) is 5.32 Å². The Morgan fingerprint density at radius 3 is 2.55 bits per heavy atom. The summed E-state index contributed by atoms with van der Waals surface area (Å²) in [6.45, 7) is 6.07. The lowest BCUT2D eigenvalue weighted by atomic mass is 9.92. The number of amides is 2. The van der Waals surface area contributed by atoms with Crippen LogP contribution in [0.2, 0.25) is 0 Å². The molecule has 0 saturated carbocycles. The molecule has 0 aliphatic carbocycles. The predicted octanol–water partition coefficient (Wildman–Crippen LogP) is 3.66. The summed E-state index contributed by atoms with van der Waals surface area (Å²) in [4.78, 5) is 26.1. The van der Waals surface area contributed by atoms with E-state index in [-0.39, 0.29) is 37.0 Å². The van der Waals surface area contributed by atoms with E-state index in [1.54, 1.807) is 42.5 Å². The highest BCUT2D eigenvalue weighted by Crippen LogP contribution is 2.27. The highest BCUT2D eigenvalue weighted by Gasteiger charge is 2.35. The van der Waals surface area contributed by atoms with Crippen LogP contribution in [0, 0.1) is 11.2 Å². The number of anilines is 1. The molecule has 1 heterocycles. The summed E-state index contributed by atoms with van der Waals surface area (Å²) in [5.41, 5.74) is 1.47. The van der Waals surface area contributed by atoms with Crippen molar-refractivity contribution in [2.24, 2.45) is 5.41 Å². The molecule has 7 heteroatoms. The molecule has 2 unspecified atom stereocenters. The molecule has 166 valence electrons. The van der Waals surface area contributed by atoms with Crippen LogP contribution in [0.1, 0.15) is 44.4 Å². The zero-order valence-corrected chi connectivity index (χ0v) is 18.1. The SMILES string of the molecule is CC(C)(C)CC(=O)Nc1ccc(C(O)C2COCC(=O)N2Cc2ccccc2F)cc1. The quantitative estimate of drug-likeness (QED) is 0.736. The first-order valence-corrected chi connectivity index (χ1v) is 10.3. The van der Waals surface area contributed by atoms with Gasteiger partial charge in [-0.3, -0.25) is 9.59 Å². The molecular weight excluding hydrogens is 399 g/mol.